The molecule has 0 bridgehead atoms. The molecule has 1 heterocycles. The zero-order valence-corrected chi connectivity index (χ0v) is 9.47. The third-order valence-electron chi connectivity index (χ3n) is 2.50. The summed E-state index contributed by atoms with van der Waals surface area (Å²) in [6, 6.07) is 6.15. The number of phenols is 1. The van der Waals surface area contributed by atoms with Gasteiger partial charge < -0.3 is 5.11 Å². The molecule has 18 heavy (non-hydrogen) atoms. The second-order valence-corrected chi connectivity index (χ2v) is 3.75. The lowest BCUT2D eigenvalue weighted by molar-refractivity contribution is 0.474. The van der Waals surface area contributed by atoms with Crippen molar-refractivity contribution in [2.75, 3.05) is 0 Å². The fraction of sp³-hybridized carbons (Fsp3) is 0.0833. The lowest BCUT2D eigenvalue weighted by atomic mass is 10.2. The number of nitrogens with zero attached hydrogens (tertiary/aromatic N) is 2. The predicted octanol–water partition coefficient (Wildman–Crippen LogP) is 0.411. The molecule has 90 valence electrons. The molecule has 0 saturated heterocycles. The van der Waals surface area contributed by atoms with Crippen molar-refractivity contribution in [1.29, 1.82) is 5.26 Å². The standard InChI is InChI=1S/C12H9N3O3/c1-7-4-9(16)2-3-10(7)15-6-8(5-13)11(17)14-12(15)18/h2-4,6,16H,1H3,(H,14,17,18). The van der Waals surface area contributed by atoms with Crippen LogP contribution >= 0.6 is 0 Å². The summed E-state index contributed by atoms with van der Waals surface area (Å²) in [6.07, 6.45) is 1.18. The minimum atomic E-state index is -0.713. The van der Waals surface area contributed by atoms with Crippen LogP contribution in [0, 0.1) is 18.3 Å². The molecule has 1 aromatic heterocycles. The molecule has 6 heteroatoms. The highest BCUT2D eigenvalue weighted by atomic mass is 16.3. The predicted molar refractivity (Wildman–Crippen MR) is 63.8 cm³/mol. The average molecular weight is 243 g/mol. The zero-order chi connectivity index (χ0) is 13.3. The van der Waals surface area contributed by atoms with Gasteiger partial charge in [-0.05, 0) is 30.7 Å². The van der Waals surface area contributed by atoms with Crippen LogP contribution in [0.15, 0.2) is 34.0 Å². The van der Waals surface area contributed by atoms with Crippen molar-refractivity contribution in [2.24, 2.45) is 0 Å². The van der Waals surface area contributed by atoms with E-state index in [0.717, 1.165) is 4.57 Å². The molecule has 0 unspecified atom stereocenters. The van der Waals surface area contributed by atoms with Gasteiger partial charge in [-0.1, -0.05) is 0 Å². The molecule has 0 amide bonds. The number of aryl methyl sites for hydroxylation is 1. The Kier molecular flexibility index (Phi) is 2.73. The highest BCUT2D eigenvalue weighted by Crippen LogP contribution is 2.17. The number of aromatic nitrogens is 2. The zero-order valence-electron chi connectivity index (χ0n) is 9.47. The molecule has 0 fully saturated rings. The number of nitrogens with one attached hydrogen (secondary N) is 1. The Morgan fingerprint density at radius 1 is 1.39 bits per heavy atom. The fourth-order valence-electron chi connectivity index (χ4n) is 1.64. The number of aromatic hydroxyl groups is 1. The summed E-state index contributed by atoms with van der Waals surface area (Å²) in [4.78, 5) is 25.0. The van der Waals surface area contributed by atoms with Crippen molar-refractivity contribution < 1.29 is 5.11 Å². The SMILES string of the molecule is Cc1cc(O)ccc1-n1cc(C#N)c(=O)[nH]c1=O. The minimum absolute atomic E-state index is 0.0780. The molecule has 2 rings (SSSR count). The maximum absolute atomic E-state index is 11.7. The summed E-state index contributed by atoms with van der Waals surface area (Å²) in [5.74, 6) is 0.0780. The first-order valence-electron chi connectivity index (χ1n) is 5.09. The van der Waals surface area contributed by atoms with Gasteiger partial charge in [-0.25, -0.2) is 4.79 Å². The Morgan fingerprint density at radius 2 is 2.11 bits per heavy atom. The number of phenolic OH excluding ortho intramolecular Hbond substituents is 1. The fourth-order valence-corrected chi connectivity index (χ4v) is 1.64. The lowest BCUT2D eigenvalue weighted by Crippen LogP contribution is -2.30. The molecule has 2 N–H and O–H groups in total. The van der Waals surface area contributed by atoms with E-state index in [4.69, 9.17) is 5.26 Å². The van der Waals surface area contributed by atoms with Gasteiger partial charge in [-0.2, -0.15) is 5.26 Å². The molecule has 0 aliphatic rings. The van der Waals surface area contributed by atoms with Crippen molar-refractivity contribution in [3.05, 3.63) is 56.4 Å². The van der Waals surface area contributed by atoms with E-state index in [0.29, 0.717) is 11.3 Å². The Labute approximate surface area is 101 Å². The molecule has 6 nitrogen and oxygen atoms in total. The third kappa shape index (κ3) is 1.89. The largest absolute Gasteiger partial charge is 0.508 e. The molecule has 0 radical (unpaired) electrons. The number of nitriles is 1. The van der Waals surface area contributed by atoms with Crippen LogP contribution in [-0.4, -0.2) is 14.7 Å². The van der Waals surface area contributed by atoms with Crippen molar-refractivity contribution >= 4 is 0 Å². The van der Waals surface area contributed by atoms with Gasteiger partial charge in [0.2, 0.25) is 0 Å². The van der Waals surface area contributed by atoms with Crippen molar-refractivity contribution in [3.8, 4) is 17.5 Å². The second kappa shape index (κ2) is 4.22. The maximum atomic E-state index is 11.7. The van der Waals surface area contributed by atoms with E-state index >= 15 is 0 Å². The molecule has 0 saturated carbocycles. The number of hydrogen-bond acceptors (Lipinski definition) is 4. The van der Waals surface area contributed by atoms with Crippen LogP contribution in [0.2, 0.25) is 0 Å². The maximum Gasteiger partial charge on any atom is 0.332 e. The lowest BCUT2D eigenvalue weighted by Gasteiger charge is -2.08. The van der Waals surface area contributed by atoms with E-state index in [1.54, 1.807) is 13.0 Å². The van der Waals surface area contributed by atoms with E-state index in [9.17, 15) is 14.7 Å². The first-order valence-corrected chi connectivity index (χ1v) is 5.09. The van der Waals surface area contributed by atoms with Gasteiger partial charge in [0.1, 0.15) is 17.4 Å². The number of aromatic amines is 1. The minimum Gasteiger partial charge on any atom is -0.508 e. The van der Waals surface area contributed by atoms with Gasteiger partial charge in [-0.15, -0.1) is 0 Å². The van der Waals surface area contributed by atoms with Gasteiger partial charge >= 0.3 is 5.69 Å². The molecule has 0 spiro atoms. The molecule has 0 aliphatic heterocycles. The molecule has 2 aromatic rings. The van der Waals surface area contributed by atoms with Gasteiger partial charge in [0.05, 0.1) is 5.69 Å². The number of rotatable bonds is 1. The smallest absolute Gasteiger partial charge is 0.332 e. The van der Waals surface area contributed by atoms with Gasteiger partial charge in [0.15, 0.2) is 0 Å². The second-order valence-electron chi connectivity index (χ2n) is 3.75. The van der Waals surface area contributed by atoms with Crippen LogP contribution in [0.1, 0.15) is 11.1 Å². The summed E-state index contributed by atoms with van der Waals surface area (Å²) < 4.78 is 1.16. The van der Waals surface area contributed by atoms with Gasteiger partial charge in [-0.3, -0.25) is 14.3 Å². The van der Waals surface area contributed by atoms with Crippen LogP contribution in [-0.2, 0) is 0 Å². The Morgan fingerprint density at radius 3 is 2.72 bits per heavy atom. The van der Waals surface area contributed by atoms with E-state index in [2.05, 4.69) is 4.98 Å². The van der Waals surface area contributed by atoms with Gasteiger partial charge in [0.25, 0.3) is 5.56 Å². The summed E-state index contributed by atoms with van der Waals surface area (Å²) in [5, 5.41) is 18.1. The van der Waals surface area contributed by atoms with Crippen LogP contribution in [0.5, 0.6) is 5.75 Å². The average Bonchev–Trinajstić information content (AvgIpc) is 2.30. The van der Waals surface area contributed by atoms with Crippen molar-refractivity contribution in [2.45, 2.75) is 6.92 Å². The van der Waals surface area contributed by atoms with Gasteiger partial charge in [0, 0.05) is 6.20 Å². The summed E-state index contributed by atoms with van der Waals surface area (Å²) in [7, 11) is 0. The molecule has 0 atom stereocenters. The van der Waals surface area contributed by atoms with E-state index < -0.39 is 11.2 Å². The van der Waals surface area contributed by atoms with Crippen LogP contribution in [0.3, 0.4) is 0 Å². The quantitative estimate of drug-likeness (QED) is 0.757. The first-order chi connectivity index (χ1) is 8.52. The molecule has 0 aliphatic carbocycles. The molecular weight excluding hydrogens is 234 g/mol. The van der Waals surface area contributed by atoms with E-state index in [1.165, 1.54) is 24.4 Å². The number of H-pyrrole nitrogens is 1. The number of hydrogen-bond donors (Lipinski definition) is 2. The topological polar surface area (TPSA) is 98.9 Å². The monoisotopic (exact) mass is 243 g/mol. The first kappa shape index (κ1) is 11.7. The van der Waals surface area contributed by atoms with E-state index in [1.807, 2.05) is 0 Å². The number of benzene rings is 1. The molecular formula is C12H9N3O3. The van der Waals surface area contributed by atoms with Crippen molar-refractivity contribution in [1.82, 2.24) is 9.55 Å². The Hall–Kier alpha value is -2.81. The third-order valence-corrected chi connectivity index (χ3v) is 2.50. The Bertz CT molecular complexity index is 765. The highest BCUT2D eigenvalue weighted by molar-refractivity contribution is 5.45. The molecule has 1 aromatic carbocycles. The van der Waals surface area contributed by atoms with Crippen LogP contribution in [0.25, 0.3) is 5.69 Å². The normalized spacial score (nSPS) is 10.0. The summed E-state index contributed by atoms with van der Waals surface area (Å²) in [5.41, 5.74) is -0.358. The Balaban J connectivity index is 2.76. The highest BCUT2D eigenvalue weighted by Gasteiger charge is 2.08. The van der Waals surface area contributed by atoms with Crippen LogP contribution in [0.4, 0.5) is 0 Å². The summed E-state index contributed by atoms with van der Waals surface area (Å²) >= 11 is 0. The van der Waals surface area contributed by atoms with E-state index in [-0.39, 0.29) is 11.3 Å². The van der Waals surface area contributed by atoms with Crippen LogP contribution < -0.4 is 11.2 Å². The van der Waals surface area contributed by atoms with Crippen molar-refractivity contribution in [3.63, 3.8) is 0 Å². The summed E-state index contributed by atoms with van der Waals surface area (Å²) in [6.45, 7) is 1.71.